The molecule has 0 aliphatic carbocycles. The zero-order chi connectivity index (χ0) is 11.4. The molecule has 2 unspecified atom stereocenters. The average Bonchev–Trinajstić information content (AvgIpc) is 2.85. The monoisotopic (exact) mass is 242 g/mol. The van der Waals surface area contributed by atoms with Crippen molar-refractivity contribution >= 4 is 17.7 Å². The molecule has 2 aliphatic rings. The molecule has 1 amide bonds. The van der Waals surface area contributed by atoms with Crippen LogP contribution in [0.1, 0.15) is 32.6 Å². The third kappa shape index (κ3) is 2.72. The lowest BCUT2D eigenvalue weighted by molar-refractivity contribution is -0.132. The highest BCUT2D eigenvalue weighted by molar-refractivity contribution is 8.00. The van der Waals surface area contributed by atoms with Crippen LogP contribution in [0.4, 0.5) is 0 Å². The van der Waals surface area contributed by atoms with Crippen LogP contribution < -0.4 is 5.32 Å². The Morgan fingerprint density at radius 1 is 1.44 bits per heavy atom. The van der Waals surface area contributed by atoms with Crippen molar-refractivity contribution in [1.29, 1.82) is 0 Å². The van der Waals surface area contributed by atoms with Crippen molar-refractivity contribution in [2.24, 2.45) is 0 Å². The van der Waals surface area contributed by atoms with E-state index in [1.807, 2.05) is 11.8 Å². The molecule has 1 N–H and O–H groups in total. The SMILES string of the molecule is CCN(C(=O)C1CCCCS1)C1CCNC1. The maximum atomic E-state index is 12.4. The zero-order valence-electron chi connectivity index (χ0n) is 10.1. The first kappa shape index (κ1) is 12.2. The molecule has 0 radical (unpaired) electrons. The van der Waals surface area contributed by atoms with Crippen molar-refractivity contribution in [3.05, 3.63) is 0 Å². The fourth-order valence-electron chi connectivity index (χ4n) is 2.62. The number of carbonyl (C=O) groups is 1. The number of carbonyl (C=O) groups excluding carboxylic acids is 1. The quantitative estimate of drug-likeness (QED) is 0.813. The van der Waals surface area contributed by atoms with Crippen LogP contribution in [-0.2, 0) is 4.79 Å². The molecule has 16 heavy (non-hydrogen) atoms. The average molecular weight is 242 g/mol. The molecule has 2 heterocycles. The van der Waals surface area contributed by atoms with Crippen molar-refractivity contribution in [2.45, 2.75) is 43.9 Å². The summed E-state index contributed by atoms with van der Waals surface area (Å²) in [5.41, 5.74) is 0. The van der Waals surface area contributed by atoms with E-state index in [1.54, 1.807) is 0 Å². The van der Waals surface area contributed by atoms with E-state index in [2.05, 4.69) is 17.1 Å². The van der Waals surface area contributed by atoms with E-state index in [0.717, 1.165) is 38.2 Å². The van der Waals surface area contributed by atoms with Crippen LogP contribution in [0.2, 0.25) is 0 Å². The molecule has 2 saturated heterocycles. The molecule has 0 aromatic rings. The van der Waals surface area contributed by atoms with Gasteiger partial charge in [-0.1, -0.05) is 6.42 Å². The molecule has 2 atom stereocenters. The second-order valence-corrected chi connectivity index (χ2v) is 5.94. The van der Waals surface area contributed by atoms with Crippen molar-refractivity contribution in [1.82, 2.24) is 10.2 Å². The zero-order valence-corrected chi connectivity index (χ0v) is 10.9. The van der Waals surface area contributed by atoms with Gasteiger partial charge in [0.2, 0.25) is 5.91 Å². The first-order valence-corrected chi connectivity index (χ1v) is 7.50. The molecule has 0 saturated carbocycles. The summed E-state index contributed by atoms with van der Waals surface area (Å²) in [7, 11) is 0. The van der Waals surface area contributed by atoms with Crippen molar-refractivity contribution in [2.75, 3.05) is 25.4 Å². The molecule has 2 rings (SSSR count). The summed E-state index contributed by atoms with van der Waals surface area (Å²) in [5.74, 6) is 1.55. The summed E-state index contributed by atoms with van der Waals surface area (Å²) in [5, 5.41) is 3.59. The molecular weight excluding hydrogens is 220 g/mol. The number of hydrogen-bond donors (Lipinski definition) is 1. The van der Waals surface area contributed by atoms with Gasteiger partial charge in [0.1, 0.15) is 0 Å². The molecule has 4 heteroatoms. The molecule has 0 bridgehead atoms. The van der Waals surface area contributed by atoms with Crippen LogP contribution >= 0.6 is 11.8 Å². The minimum absolute atomic E-state index is 0.245. The lowest BCUT2D eigenvalue weighted by atomic mass is 10.1. The van der Waals surface area contributed by atoms with Gasteiger partial charge in [-0.3, -0.25) is 4.79 Å². The summed E-state index contributed by atoms with van der Waals surface area (Å²) < 4.78 is 0. The number of nitrogens with one attached hydrogen (secondary N) is 1. The fourth-order valence-corrected chi connectivity index (χ4v) is 3.89. The minimum atomic E-state index is 0.245. The topological polar surface area (TPSA) is 32.3 Å². The van der Waals surface area contributed by atoms with Crippen LogP contribution in [0.5, 0.6) is 0 Å². The molecule has 0 aromatic heterocycles. The summed E-state index contributed by atoms with van der Waals surface area (Å²) in [4.78, 5) is 14.5. The number of hydrogen-bond acceptors (Lipinski definition) is 3. The van der Waals surface area contributed by atoms with Gasteiger partial charge in [-0.15, -0.1) is 11.8 Å². The minimum Gasteiger partial charge on any atom is -0.338 e. The van der Waals surface area contributed by atoms with Crippen LogP contribution in [0.15, 0.2) is 0 Å². The first-order chi connectivity index (χ1) is 7.83. The number of likely N-dealkylation sites (N-methyl/N-ethyl adjacent to an activating group) is 1. The third-order valence-electron chi connectivity index (χ3n) is 3.55. The van der Waals surface area contributed by atoms with E-state index in [1.165, 1.54) is 12.8 Å². The van der Waals surface area contributed by atoms with Gasteiger partial charge >= 0.3 is 0 Å². The van der Waals surface area contributed by atoms with Gasteiger partial charge in [0.15, 0.2) is 0 Å². The Balaban J connectivity index is 1.93. The Kier molecular flexibility index (Phi) is 4.53. The Labute approximate surface area is 102 Å². The van der Waals surface area contributed by atoms with E-state index >= 15 is 0 Å². The highest BCUT2D eigenvalue weighted by atomic mass is 32.2. The fraction of sp³-hybridized carbons (Fsp3) is 0.917. The maximum Gasteiger partial charge on any atom is 0.235 e. The number of rotatable bonds is 3. The predicted molar refractivity (Wildman–Crippen MR) is 68.8 cm³/mol. The Morgan fingerprint density at radius 3 is 2.88 bits per heavy atom. The van der Waals surface area contributed by atoms with Gasteiger partial charge in [-0.25, -0.2) is 0 Å². The largest absolute Gasteiger partial charge is 0.338 e. The number of amides is 1. The van der Waals surface area contributed by atoms with Gasteiger partial charge in [0, 0.05) is 19.1 Å². The Morgan fingerprint density at radius 2 is 2.31 bits per heavy atom. The molecule has 92 valence electrons. The predicted octanol–water partition coefficient (Wildman–Crippen LogP) is 1.48. The van der Waals surface area contributed by atoms with E-state index in [-0.39, 0.29) is 5.25 Å². The first-order valence-electron chi connectivity index (χ1n) is 6.45. The summed E-state index contributed by atoms with van der Waals surface area (Å²) in [6.07, 6.45) is 4.71. The molecular formula is C12H22N2OS. The van der Waals surface area contributed by atoms with E-state index < -0.39 is 0 Å². The van der Waals surface area contributed by atoms with Gasteiger partial charge in [-0.2, -0.15) is 0 Å². The maximum absolute atomic E-state index is 12.4. The highest BCUT2D eigenvalue weighted by Crippen LogP contribution is 2.27. The lowest BCUT2D eigenvalue weighted by Crippen LogP contribution is -2.46. The Bertz CT molecular complexity index is 235. The van der Waals surface area contributed by atoms with Crippen molar-refractivity contribution in [3.63, 3.8) is 0 Å². The number of thioether (sulfide) groups is 1. The van der Waals surface area contributed by atoms with Crippen LogP contribution in [0, 0.1) is 0 Å². The third-order valence-corrected chi connectivity index (χ3v) is 4.92. The standard InChI is InChI=1S/C12H22N2OS/c1-2-14(10-6-7-13-9-10)12(15)11-5-3-4-8-16-11/h10-11,13H,2-9H2,1H3. The van der Waals surface area contributed by atoms with Gasteiger partial charge in [0.25, 0.3) is 0 Å². The van der Waals surface area contributed by atoms with Crippen LogP contribution in [0.3, 0.4) is 0 Å². The van der Waals surface area contributed by atoms with E-state index in [4.69, 9.17) is 0 Å². The second kappa shape index (κ2) is 5.92. The van der Waals surface area contributed by atoms with E-state index in [9.17, 15) is 4.79 Å². The molecule has 2 fully saturated rings. The summed E-state index contributed by atoms with van der Waals surface area (Å²) in [6, 6.07) is 0.444. The van der Waals surface area contributed by atoms with Gasteiger partial charge < -0.3 is 10.2 Å². The molecule has 3 nitrogen and oxygen atoms in total. The van der Waals surface area contributed by atoms with Crippen LogP contribution in [-0.4, -0.2) is 47.5 Å². The van der Waals surface area contributed by atoms with Crippen molar-refractivity contribution < 1.29 is 4.79 Å². The summed E-state index contributed by atoms with van der Waals surface area (Å²) in [6.45, 7) is 5.01. The van der Waals surface area contributed by atoms with Crippen molar-refractivity contribution in [3.8, 4) is 0 Å². The molecule has 2 aliphatic heterocycles. The normalized spacial score (nSPS) is 30.3. The smallest absolute Gasteiger partial charge is 0.235 e. The van der Waals surface area contributed by atoms with Gasteiger partial charge in [0.05, 0.1) is 5.25 Å². The molecule has 0 spiro atoms. The second-order valence-electron chi connectivity index (χ2n) is 4.63. The van der Waals surface area contributed by atoms with Crippen LogP contribution in [0.25, 0.3) is 0 Å². The van der Waals surface area contributed by atoms with Gasteiger partial charge in [-0.05, 0) is 38.5 Å². The Hall–Kier alpha value is -0.220. The summed E-state index contributed by atoms with van der Waals surface area (Å²) >= 11 is 1.86. The highest BCUT2D eigenvalue weighted by Gasteiger charge is 2.31. The molecule has 0 aromatic carbocycles. The lowest BCUT2D eigenvalue weighted by Gasteiger charge is -2.32. The number of nitrogens with zero attached hydrogens (tertiary/aromatic N) is 1. The van der Waals surface area contributed by atoms with E-state index in [0.29, 0.717) is 11.9 Å².